The molecule has 1 aromatic rings. The summed E-state index contributed by atoms with van der Waals surface area (Å²) in [6.45, 7) is 11.2. The third-order valence-corrected chi connectivity index (χ3v) is 3.81. The molecule has 0 saturated carbocycles. The van der Waals surface area contributed by atoms with Crippen LogP contribution in [0.25, 0.3) is 5.57 Å². The number of ether oxygens (including phenoxy) is 1. The molecule has 2 atom stereocenters. The molecule has 2 rings (SSSR count). The van der Waals surface area contributed by atoms with Crippen LogP contribution >= 0.6 is 0 Å². The van der Waals surface area contributed by atoms with Gasteiger partial charge in [0, 0.05) is 7.05 Å². The van der Waals surface area contributed by atoms with E-state index in [-0.39, 0.29) is 5.91 Å². The van der Waals surface area contributed by atoms with Gasteiger partial charge in [0.05, 0.1) is 0 Å². The summed E-state index contributed by atoms with van der Waals surface area (Å²) in [5.41, 5.74) is 0.955. The van der Waals surface area contributed by atoms with Crippen molar-refractivity contribution in [3.05, 3.63) is 42.5 Å². The number of rotatable bonds is 2. The summed E-state index contributed by atoms with van der Waals surface area (Å²) in [6, 6.07) is 8.96. The standard InChI is InChI=1S/C18H24N2O3/c1-12(14-10-8-7-9-11-14)15-19(6)16(21)13(2)20(15)17(22)23-18(3,4)5/h7-11,13,15H,1H2,2-6H3/t13-,15?/m0/s1. The number of amides is 2. The molecule has 1 unspecified atom stereocenters. The summed E-state index contributed by atoms with van der Waals surface area (Å²) in [6.07, 6.45) is -1.06. The summed E-state index contributed by atoms with van der Waals surface area (Å²) in [7, 11) is 1.68. The lowest BCUT2D eigenvalue weighted by Crippen LogP contribution is -2.46. The number of carbonyl (C=O) groups is 2. The van der Waals surface area contributed by atoms with Crippen LogP contribution in [0.15, 0.2) is 36.9 Å². The first-order valence-corrected chi connectivity index (χ1v) is 7.65. The Balaban J connectivity index is 2.36. The summed E-state index contributed by atoms with van der Waals surface area (Å²) in [5.74, 6) is -0.127. The van der Waals surface area contributed by atoms with Crippen molar-refractivity contribution in [2.24, 2.45) is 0 Å². The van der Waals surface area contributed by atoms with E-state index >= 15 is 0 Å². The molecule has 0 spiro atoms. The van der Waals surface area contributed by atoms with Gasteiger partial charge in [-0.05, 0) is 38.8 Å². The normalized spacial score (nSPS) is 21.5. The first-order valence-electron chi connectivity index (χ1n) is 7.65. The van der Waals surface area contributed by atoms with Gasteiger partial charge in [0.15, 0.2) is 0 Å². The first kappa shape index (κ1) is 17.1. The number of nitrogens with zero attached hydrogens (tertiary/aromatic N) is 2. The fraction of sp³-hybridized carbons (Fsp3) is 0.444. The van der Waals surface area contributed by atoms with Gasteiger partial charge < -0.3 is 9.64 Å². The van der Waals surface area contributed by atoms with Crippen LogP contribution in [0, 0.1) is 0 Å². The molecule has 0 bridgehead atoms. The molecule has 5 heteroatoms. The quantitative estimate of drug-likeness (QED) is 0.842. The highest BCUT2D eigenvalue weighted by atomic mass is 16.6. The highest BCUT2D eigenvalue weighted by Gasteiger charge is 2.47. The van der Waals surface area contributed by atoms with E-state index in [1.807, 2.05) is 30.3 Å². The molecule has 1 saturated heterocycles. The second-order valence-corrected chi connectivity index (χ2v) is 6.78. The molecule has 0 aliphatic carbocycles. The van der Waals surface area contributed by atoms with Crippen molar-refractivity contribution in [3.63, 3.8) is 0 Å². The van der Waals surface area contributed by atoms with Crippen LogP contribution in [0.4, 0.5) is 4.79 Å². The van der Waals surface area contributed by atoms with Crippen LogP contribution in [0.3, 0.4) is 0 Å². The zero-order valence-corrected chi connectivity index (χ0v) is 14.4. The Bertz CT molecular complexity index is 619. The molecule has 1 aromatic carbocycles. The minimum atomic E-state index is -0.625. The Morgan fingerprint density at radius 1 is 1.22 bits per heavy atom. The van der Waals surface area contributed by atoms with Gasteiger partial charge in [0.25, 0.3) is 0 Å². The number of benzene rings is 1. The average Bonchev–Trinajstić information content (AvgIpc) is 2.70. The lowest BCUT2D eigenvalue weighted by atomic mass is 10.0. The van der Waals surface area contributed by atoms with E-state index in [9.17, 15) is 9.59 Å². The van der Waals surface area contributed by atoms with Crippen molar-refractivity contribution in [1.82, 2.24) is 9.80 Å². The molecular weight excluding hydrogens is 292 g/mol. The van der Waals surface area contributed by atoms with Crippen molar-refractivity contribution in [1.29, 1.82) is 0 Å². The first-order chi connectivity index (χ1) is 10.6. The number of likely N-dealkylation sites (N-methyl/N-ethyl adjacent to an activating group) is 1. The highest BCUT2D eigenvalue weighted by molar-refractivity contribution is 5.92. The van der Waals surface area contributed by atoms with E-state index in [0.717, 1.165) is 5.56 Å². The Morgan fingerprint density at radius 2 is 1.78 bits per heavy atom. The minimum Gasteiger partial charge on any atom is -0.444 e. The molecular formula is C18H24N2O3. The lowest BCUT2D eigenvalue weighted by Gasteiger charge is -2.32. The Hall–Kier alpha value is -2.30. The van der Waals surface area contributed by atoms with Crippen LogP contribution in [0.1, 0.15) is 33.3 Å². The zero-order chi connectivity index (χ0) is 17.4. The number of hydrogen-bond acceptors (Lipinski definition) is 3. The number of carbonyl (C=O) groups excluding carboxylic acids is 2. The summed E-state index contributed by atoms with van der Waals surface area (Å²) < 4.78 is 5.47. The largest absolute Gasteiger partial charge is 0.444 e. The van der Waals surface area contributed by atoms with Gasteiger partial charge in [-0.2, -0.15) is 0 Å². The fourth-order valence-corrected chi connectivity index (χ4v) is 2.71. The molecule has 1 heterocycles. The minimum absolute atomic E-state index is 0.127. The molecule has 23 heavy (non-hydrogen) atoms. The highest BCUT2D eigenvalue weighted by Crippen LogP contribution is 2.31. The SMILES string of the molecule is C=C(c1ccccc1)C1N(C)C(=O)[C@H](C)N1C(=O)OC(C)(C)C. The topological polar surface area (TPSA) is 49.9 Å². The fourth-order valence-electron chi connectivity index (χ4n) is 2.71. The maximum Gasteiger partial charge on any atom is 0.412 e. The van der Waals surface area contributed by atoms with Gasteiger partial charge in [-0.25, -0.2) is 4.79 Å². The molecule has 0 aromatic heterocycles. The Morgan fingerprint density at radius 3 is 2.30 bits per heavy atom. The number of hydrogen-bond donors (Lipinski definition) is 0. The smallest absolute Gasteiger partial charge is 0.412 e. The molecule has 0 radical (unpaired) electrons. The zero-order valence-electron chi connectivity index (χ0n) is 14.4. The summed E-state index contributed by atoms with van der Waals surface area (Å²) >= 11 is 0. The molecule has 2 amide bonds. The van der Waals surface area contributed by atoms with Gasteiger partial charge in [0.1, 0.15) is 17.8 Å². The predicted octanol–water partition coefficient (Wildman–Crippen LogP) is 3.12. The van der Waals surface area contributed by atoms with Gasteiger partial charge >= 0.3 is 6.09 Å². The lowest BCUT2D eigenvalue weighted by molar-refractivity contribution is -0.128. The molecule has 5 nitrogen and oxygen atoms in total. The van der Waals surface area contributed by atoms with Crippen molar-refractivity contribution < 1.29 is 14.3 Å². The van der Waals surface area contributed by atoms with Crippen molar-refractivity contribution >= 4 is 17.6 Å². The van der Waals surface area contributed by atoms with E-state index in [0.29, 0.717) is 5.57 Å². The van der Waals surface area contributed by atoms with E-state index in [1.54, 1.807) is 39.6 Å². The van der Waals surface area contributed by atoms with Crippen molar-refractivity contribution in [2.75, 3.05) is 7.05 Å². The average molecular weight is 316 g/mol. The second kappa shape index (κ2) is 6.07. The third kappa shape index (κ3) is 3.38. The molecule has 0 N–H and O–H groups in total. The van der Waals surface area contributed by atoms with Crippen LogP contribution in [0.2, 0.25) is 0 Å². The summed E-state index contributed by atoms with van der Waals surface area (Å²) in [4.78, 5) is 28.0. The van der Waals surface area contributed by atoms with Crippen LogP contribution < -0.4 is 0 Å². The van der Waals surface area contributed by atoms with Gasteiger partial charge in [-0.15, -0.1) is 0 Å². The Kier molecular flexibility index (Phi) is 4.50. The van der Waals surface area contributed by atoms with Crippen LogP contribution in [-0.4, -0.2) is 46.7 Å². The van der Waals surface area contributed by atoms with Crippen LogP contribution in [-0.2, 0) is 9.53 Å². The van der Waals surface area contributed by atoms with Gasteiger partial charge in [-0.3, -0.25) is 9.69 Å². The Labute approximate surface area is 137 Å². The summed E-state index contributed by atoms with van der Waals surface area (Å²) in [5, 5.41) is 0. The molecule has 1 aliphatic heterocycles. The monoisotopic (exact) mass is 316 g/mol. The molecule has 1 aliphatic rings. The third-order valence-electron chi connectivity index (χ3n) is 3.81. The van der Waals surface area contributed by atoms with E-state index in [1.165, 1.54) is 4.90 Å². The second-order valence-electron chi connectivity index (χ2n) is 6.78. The molecule has 1 fully saturated rings. The van der Waals surface area contributed by atoms with Gasteiger partial charge in [-0.1, -0.05) is 36.9 Å². The predicted molar refractivity (Wildman–Crippen MR) is 89.6 cm³/mol. The maximum atomic E-state index is 12.6. The van der Waals surface area contributed by atoms with Crippen molar-refractivity contribution in [3.8, 4) is 0 Å². The van der Waals surface area contributed by atoms with Crippen molar-refractivity contribution in [2.45, 2.75) is 45.5 Å². The van der Waals surface area contributed by atoms with E-state index < -0.39 is 23.9 Å². The van der Waals surface area contributed by atoms with Crippen LogP contribution in [0.5, 0.6) is 0 Å². The van der Waals surface area contributed by atoms with E-state index in [4.69, 9.17) is 4.74 Å². The van der Waals surface area contributed by atoms with Gasteiger partial charge in [0.2, 0.25) is 5.91 Å². The van der Waals surface area contributed by atoms with E-state index in [2.05, 4.69) is 6.58 Å². The maximum absolute atomic E-state index is 12.6. The molecule has 124 valence electrons.